The lowest BCUT2D eigenvalue weighted by molar-refractivity contribution is 0.626. The van der Waals surface area contributed by atoms with Gasteiger partial charge >= 0.3 is 0 Å². The van der Waals surface area contributed by atoms with E-state index in [1.807, 2.05) is 6.07 Å². The quantitative estimate of drug-likeness (QED) is 0.644. The first kappa shape index (κ1) is 9.31. The van der Waals surface area contributed by atoms with Crippen LogP contribution in [0.15, 0.2) is 18.2 Å². The van der Waals surface area contributed by atoms with Gasteiger partial charge in [0.1, 0.15) is 10.7 Å². The lowest BCUT2D eigenvalue weighted by Crippen LogP contribution is -1.89. The zero-order chi connectivity index (χ0) is 9.14. The van der Waals surface area contributed by atoms with Gasteiger partial charge in [0.05, 0.1) is 11.6 Å². The zero-order valence-corrected chi connectivity index (χ0v) is 7.40. The summed E-state index contributed by atoms with van der Waals surface area (Å²) in [5, 5.41) is 8.56. The smallest absolute Gasteiger partial charge is 0.134 e. The van der Waals surface area contributed by atoms with Gasteiger partial charge in [-0.1, -0.05) is 6.07 Å². The number of hydrogen-bond acceptors (Lipinski definition) is 1. The van der Waals surface area contributed by atoms with E-state index < -0.39 is 10.7 Å². The maximum Gasteiger partial charge on any atom is 0.134 e. The molecular formula is C8H4Cl2FN. The van der Waals surface area contributed by atoms with Gasteiger partial charge in [0.25, 0.3) is 0 Å². The maximum atomic E-state index is 12.6. The summed E-state index contributed by atoms with van der Waals surface area (Å²) in [5.74, 6) is -0.468. The largest absolute Gasteiger partial charge is 0.207 e. The minimum Gasteiger partial charge on any atom is -0.207 e. The molecule has 4 heteroatoms. The Morgan fingerprint density at radius 2 is 2.08 bits per heavy atom. The van der Waals surface area contributed by atoms with Crippen LogP contribution < -0.4 is 0 Å². The molecule has 62 valence electrons. The Morgan fingerprint density at radius 3 is 2.58 bits per heavy atom. The molecule has 0 unspecified atom stereocenters. The van der Waals surface area contributed by atoms with E-state index in [2.05, 4.69) is 0 Å². The van der Waals surface area contributed by atoms with Crippen molar-refractivity contribution in [3.05, 3.63) is 35.1 Å². The van der Waals surface area contributed by atoms with Crippen LogP contribution in [0.25, 0.3) is 0 Å². The van der Waals surface area contributed by atoms with Gasteiger partial charge in [0.2, 0.25) is 0 Å². The Morgan fingerprint density at radius 1 is 1.42 bits per heavy atom. The predicted octanol–water partition coefficient (Wildman–Crippen LogP) is 3.17. The molecule has 0 aliphatic heterocycles. The standard InChI is InChI=1S/C8H4Cl2FN/c9-8(10)7-2-1-6(11)3-5(7)4-12/h1-3,8H. The first-order valence-electron chi connectivity index (χ1n) is 3.13. The summed E-state index contributed by atoms with van der Waals surface area (Å²) >= 11 is 11.1. The number of rotatable bonds is 1. The van der Waals surface area contributed by atoms with Crippen molar-refractivity contribution in [2.75, 3.05) is 0 Å². The molecule has 1 aromatic carbocycles. The molecule has 0 fully saturated rings. The molecule has 0 spiro atoms. The molecule has 0 atom stereocenters. The van der Waals surface area contributed by atoms with Gasteiger partial charge in [0, 0.05) is 5.56 Å². The van der Waals surface area contributed by atoms with Crippen LogP contribution in [0, 0.1) is 17.1 Å². The number of benzene rings is 1. The molecule has 0 N–H and O–H groups in total. The van der Waals surface area contributed by atoms with Crippen LogP contribution in [0.2, 0.25) is 0 Å². The fourth-order valence-corrected chi connectivity index (χ4v) is 1.20. The van der Waals surface area contributed by atoms with Crippen LogP contribution in [-0.2, 0) is 0 Å². The number of nitriles is 1. The van der Waals surface area contributed by atoms with Crippen LogP contribution in [0.4, 0.5) is 4.39 Å². The second-order valence-electron chi connectivity index (χ2n) is 2.14. The number of alkyl halides is 2. The molecule has 0 aliphatic carbocycles. The minimum absolute atomic E-state index is 0.171. The summed E-state index contributed by atoms with van der Waals surface area (Å²) in [6.07, 6.45) is 0. The number of nitrogens with zero attached hydrogens (tertiary/aromatic N) is 1. The molecular weight excluding hydrogens is 200 g/mol. The van der Waals surface area contributed by atoms with Gasteiger partial charge in [-0.2, -0.15) is 5.26 Å². The van der Waals surface area contributed by atoms with Crippen molar-refractivity contribution < 1.29 is 4.39 Å². The topological polar surface area (TPSA) is 23.8 Å². The molecule has 1 nitrogen and oxygen atoms in total. The molecule has 0 radical (unpaired) electrons. The molecule has 0 heterocycles. The maximum absolute atomic E-state index is 12.6. The van der Waals surface area contributed by atoms with E-state index in [-0.39, 0.29) is 5.56 Å². The third kappa shape index (κ3) is 1.88. The predicted molar refractivity (Wildman–Crippen MR) is 45.6 cm³/mol. The Labute approximate surface area is 79.3 Å². The van der Waals surface area contributed by atoms with Gasteiger partial charge in [-0.05, 0) is 12.1 Å². The van der Waals surface area contributed by atoms with E-state index in [0.717, 1.165) is 6.07 Å². The highest BCUT2D eigenvalue weighted by Crippen LogP contribution is 2.27. The fraction of sp³-hybridized carbons (Fsp3) is 0.125. The van der Waals surface area contributed by atoms with Gasteiger partial charge in [-0.3, -0.25) is 0 Å². The summed E-state index contributed by atoms with van der Waals surface area (Å²) in [5.41, 5.74) is 0.604. The Hall–Kier alpha value is -0.780. The van der Waals surface area contributed by atoms with Crippen LogP contribution in [0.3, 0.4) is 0 Å². The molecule has 0 bridgehead atoms. The molecule has 0 aliphatic rings. The Bertz CT molecular complexity index is 330. The Kier molecular flexibility index (Phi) is 2.91. The van der Waals surface area contributed by atoms with Crippen molar-refractivity contribution in [2.24, 2.45) is 0 Å². The molecule has 0 saturated carbocycles. The van der Waals surface area contributed by atoms with E-state index >= 15 is 0 Å². The molecule has 0 amide bonds. The highest BCUT2D eigenvalue weighted by molar-refractivity contribution is 6.44. The number of halogens is 3. The summed E-state index contributed by atoms with van der Waals surface area (Å²) < 4.78 is 12.6. The third-order valence-corrected chi connectivity index (χ3v) is 1.84. The van der Waals surface area contributed by atoms with Crippen LogP contribution in [-0.4, -0.2) is 0 Å². The van der Waals surface area contributed by atoms with Crippen molar-refractivity contribution in [1.82, 2.24) is 0 Å². The van der Waals surface area contributed by atoms with Gasteiger partial charge in [0.15, 0.2) is 0 Å². The van der Waals surface area contributed by atoms with Gasteiger partial charge in [-0.15, -0.1) is 23.2 Å². The van der Waals surface area contributed by atoms with Crippen molar-refractivity contribution in [1.29, 1.82) is 5.26 Å². The zero-order valence-electron chi connectivity index (χ0n) is 5.89. The molecule has 0 saturated heterocycles. The molecule has 1 rings (SSSR count). The van der Waals surface area contributed by atoms with Crippen molar-refractivity contribution in [3.8, 4) is 6.07 Å². The summed E-state index contributed by atoms with van der Waals surface area (Å²) in [6, 6.07) is 5.53. The van der Waals surface area contributed by atoms with Crippen molar-refractivity contribution >= 4 is 23.2 Å². The minimum atomic E-state index is -0.791. The first-order chi connectivity index (χ1) is 5.65. The average molecular weight is 204 g/mol. The van der Waals surface area contributed by atoms with E-state index in [1.165, 1.54) is 12.1 Å². The van der Waals surface area contributed by atoms with E-state index in [4.69, 9.17) is 28.5 Å². The van der Waals surface area contributed by atoms with E-state index in [9.17, 15) is 4.39 Å². The monoisotopic (exact) mass is 203 g/mol. The normalized spacial score (nSPS) is 9.92. The first-order valence-corrected chi connectivity index (χ1v) is 4.00. The second kappa shape index (κ2) is 3.75. The molecule has 12 heavy (non-hydrogen) atoms. The van der Waals surface area contributed by atoms with Crippen LogP contribution in [0.1, 0.15) is 16.0 Å². The Balaban J connectivity index is 3.23. The summed E-state index contributed by atoms with van der Waals surface area (Å²) in [4.78, 5) is -0.791. The number of hydrogen-bond donors (Lipinski definition) is 0. The highest BCUT2D eigenvalue weighted by Gasteiger charge is 2.09. The lowest BCUT2D eigenvalue weighted by atomic mass is 10.1. The van der Waals surface area contributed by atoms with Crippen molar-refractivity contribution in [3.63, 3.8) is 0 Å². The van der Waals surface area contributed by atoms with E-state index in [1.54, 1.807) is 0 Å². The molecule has 0 aromatic heterocycles. The second-order valence-corrected chi connectivity index (χ2v) is 3.24. The third-order valence-electron chi connectivity index (χ3n) is 1.37. The van der Waals surface area contributed by atoms with Crippen molar-refractivity contribution in [2.45, 2.75) is 4.84 Å². The fourth-order valence-electron chi connectivity index (χ4n) is 0.816. The summed E-state index contributed by atoms with van der Waals surface area (Å²) in [6.45, 7) is 0. The van der Waals surface area contributed by atoms with E-state index in [0.29, 0.717) is 5.56 Å². The SMILES string of the molecule is N#Cc1cc(F)ccc1C(Cl)Cl. The van der Waals surface area contributed by atoms with Crippen LogP contribution >= 0.6 is 23.2 Å². The van der Waals surface area contributed by atoms with Gasteiger partial charge < -0.3 is 0 Å². The highest BCUT2D eigenvalue weighted by atomic mass is 35.5. The lowest BCUT2D eigenvalue weighted by Gasteiger charge is -2.02. The molecule has 1 aromatic rings. The van der Waals surface area contributed by atoms with Crippen LogP contribution in [0.5, 0.6) is 0 Å². The van der Waals surface area contributed by atoms with Gasteiger partial charge in [-0.25, -0.2) is 4.39 Å². The average Bonchev–Trinajstić information content (AvgIpc) is 2.03. The summed E-state index contributed by atoms with van der Waals surface area (Å²) in [7, 11) is 0.